The summed E-state index contributed by atoms with van der Waals surface area (Å²) in [5.41, 5.74) is 1.74. The van der Waals surface area contributed by atoms with Crippen LogP contribution in [0.4, 0.5) is 0 Å². The summed E-state index contributed by atoms with van der Waals surface area (Å²) in [5.74, 6) is 1.64. The van der Waals surface area contributed by atoms with Gasteiger partial charge in [0.15, 0.2) is 11.5 Å². The van der Waals surface area contributed by atoms with Crippen LogP contribution in [0.3, 0.4) is 0 Å². The minimum atomic E-state index is -0.412. The quantitative estimate of drug-likeness (QED) is 0.443. The first-order valence-corrected chi connectivity index (χ1v) is 8.76. The van der Waals surface area contributed by atoms with Gasteiger partial charge in [-0.1, -0.05) is 24.3 Å². The summed E-state index contributed by atoms with van der Waals surface area (Å²) in [4.78, 5) is 12.0. The Morgan fingerprint density at radius 2 is 1.57 bits per heavy atom. The van der Waals surface area contributed by atoms with Gasteiger partial charge in [0, 0.05) is 6.08 Å². The first-order valence-electron chi connectivity index (χ1n) is 8.76. The minimum Gasteiger partial charge on any atom is -0.497 e. The lowest BCUT2D eigenvalue weighted by atomic mass is 10.1. The monoisotopic (exact) mass is 378 g/mol. The van der Waals surface area contributed by atoms with Crippen molar-refractivity contribution < 1.29 is 23.7 Å². The molecule has 5 heteroatoms. The molecule has 0 spiro atoms. The van der Waals surface area contributed by atoms with E-state index in [0.29, 0.717) is 11.5 Å². The standard InChI is InChI=1S/C23H22O5/c1-25-20-9-8-18-12-17(4-7-19(18)14-20)15-28-23(24)11-6-16-5-10-21(26-2)22(13-16)27-3/h4-14H,15H2,1-3H3/b11-6+. The van der Waals surface area contributed by atoms with Crippen molar-refractivity contribution in [2.45, 2.75) is 6.61 Å². The average molecular weight is 378 g/mol. The zero-order valence-corrected chi connectivity index (χ0v) is 16.1. The summed E-state index contributed by atoms with van der Waals surface area (Å²) in [5, 5.41) is 2.14. The molecule has 0 aliphatic carbocycles. The maximum atomic E-state index is 12.0. The van der Waals surface area contributed by atoms with Gasteiger partial charge in [-0.2, -0.15) is 0 Å². The first kappa shape index (κ1) is 19.3. The van der Waals surface area contributed by atoms with Crippen LogP contribution < -0.4 is 14.2 Å². The van der Waals surface area contributed by atoms with Gasteiger partial charge in [-0.3, -0.25) is 0 Å². The Morgan fingerprint density at radius 1 is 0.821 bits per heavy atom. The molecule has 28 heavy (non-hydrogen) atoms. The van der Waals surface area contributed by atoms with E-state index in [-0.39, 0.29) is 6.61 Å². The molecule has 144 valence electrons. The largest absolute Gasteiger partial charge is 0.497 e. The zero-order valence-electron chi connectivity index (χ0n) is 16.1. The molecule has 5 nitrogen and oxygen atoms in total. The van der Waals surface area contributed by atoms with Crippen molar-refractivity contribution >= 4 is 22.8 Å². The van der Waals surface area contributed by atoms with E-state index in [0.717, 1.165) is 27.6 Å². The minimum absolute atomic E-state index is 0.205. The molecular weight excluding hydrogens is 356 g/mol. The summed E-state index contributed by atoms with van der Waals surface area (Å²) in [6.45, 7) is 0.205. The van der Waals surface area contributed by atoms with Crippen molar-refractivity contribution in [3.05, 3.63) is 71.8 Å². The molecule has 0 bridgehead atoms. The molecule has 3 aromatic carbocycles. The molecule has 0 saturated heterocycles. The fourth-order valence-electron chi connectivity index (χ4n) is 2.81. The third kappa shape index (κ3) is 4.62. The van der Waals surface area contributed by atoms with Crippen LogP contribution in [0.15, 0.2) is 60.7 Å². The first-order chi connectivity index (χ1) is 13.6. The smallest absolute Gasteiger partial charge is 0.331 e. The summed E-state index contributed by atoms with van der Waals surface area (Å²) in [6.07, 6.45) is 3.07. The second-order valence-electron chi connectivity index (χ2n) is 6.10. The lowest BCUT2D eigenvalue weighted by Crippen LogP contribution is -2.00. The molecule has 0 heterocycles. The van der Waals surface area contributed by atoms with Crippen molar-refractivity contribution in [3.8, 4) is 17.2 Å². The summed E-state index contributed by atoms with van der Waals surface area (Å²) >= 11 is 0. The SMILES string of the molecule is COc1ccc2cc(COC(=O)/C=C/c3ccc(OC)c(OC)c3)ccc2c1. The lowest BCUT2D eigenvalue weighted by molar-refractivity contribution is -0.138. The highest BCUT2D eigenvalue weighted by Gasteiger charge is 2.05. The molecule has 0 unspecified atom stereocenters. The van der Waals surface area contributed by atoms with Crippen LogP contribution in [0.1, 0.15) is 11.1 Å². The maximum Gasteiger partial charge on any atom is 0.331 e. The number of esters is 1. The number of fused-ring (bicyclic) bond motifs is 1. The third-order valence-electron chi connectivity index (χ3n) is 4.31. The molecule has 0 aromatic heterocycles. The molecule has 0 aliphatic heterocycles. The van der Waals surface area contributed by atoms with Gasteiger partial charge < -0.3 is 18.9 Å². The highest BCUT2D eigenvalue weighted by Crippen LogP contribution is 2.28. The van der Waals surface area contributed by atoms with Crippen molar-refractivity contribution in [3.63, 3.8) is 0 Å². The predicted molar refractivity (Wildman–Crippen MR) is 109 cm³/mol. The van der Waals surface area contributed by atoms with Gasteiger partial charge in [0.2, 0.25) is 0 Å². The summed E-state index contributed by atoms with van der Waals surface area (Å²) in [6, 6.07) is 17.2. The molecule has 0 N–H and O–H groups in total. The molecule has 0 atom stereocenters. The number of carbonyl (C=O) groups excluding carboxylic acids is 1. The molecule has 0 saturated carbocycles. The Bertz CT molecular complexity index is 1010. The Kier molecular flexibility index (Phi) is 6.17. The highest BCUT2D eigenvalue weighted by molar-refractivity contribution is 5.87. The van der Waals surface area contributed by atoms with Crippen molar-refractivity contribution in [1.29, 1.82) is 0 Å². The molecule has 0 amide bonds. The topological polar surface area (TPSA) is 54.0 Å². The molecule has 3 rings (SSSR count). The van der Waals surface area contributed by atoms with E-state index in [1.807, 2.05) is 42.5 Å². The number of hydrogen-bond acceptors (Lipinski definition) is 5. The maximum absolute atomic E-state index is 12.0. The van der Waals surface area contributed by atoms with E-state index >= 15 is 0 Å². The Morgan fingerprint density at radius 3 is 2.32 bits per heavy atom. The predicted octanol–water partition coefficient (Wildman–Crippen LogP) is 4.62. The van der Waals surface area contributed by atoms with Gasteiger partial charge in [-0.05, 0) is 58.3 Å². The van der Waals surface area contributed by atoms with E-state index in [1.165, 1.54) is 6.08 Å². The van der Waals surface area contributed by atoms with Crippen LogP contribution in [0.5, 0.6) is 17.2 Å². The Balaban J connectivity index is 1.62. The average Bonchev–Trinajstić information content (AvgIpc) is 2.75. The summed E-state index contributed by atoms with van der Waals surface area (Å²) in [7, 11) is 4.79. The van der Waals surface area contributed by atoms with Gasteiger partial charge in [0.25, 0.3) is 0 Å². The molecule has 0 aliphatic rings. The Labute approximate surface area is 164 Å². The number of rotatable bonds is 7. The van der Waals surface area contributed by atoms with E-state index < -0.39 is 5.97 Å². The highest BCUT2D eigenvalue weighted by atomic mass is 16.5. The van der Waals surface area contributed by atoms with E-state index in [4.69, 9.17) is 18.9 Å². The van der Waals surface area contributed by atoms with E-state index in [9.17, 15) is 4.79 Å². The van der Waals surface area contributed by atoms with Crippen LogP contribution in [-0.2, 0) is 16.1 Å². The normalized spacial score (nSPS) is 10.8. The number of hydrogen-bond donors (Lipinski definition) is 0. The van der Waals surface area contributed by atoms with Crippen LogP contribution in [0, 0.1) is 0 Å². The van der Waals surface area contributed by atoms with Crippen LogP contribution in [0.2, 0.25) is 0 Å². The number of benzene rings is 3. The van der Waals surface area contributed by atoms with Crippen LogP contribution in [0.25, 0.3) is 16.8 Å². The second kappa shape index (κ2) is 8.95. The van der Waals surface area contributed by atoms with E-state index in [1.54, 1.807) is 39.5 Å². The number of methoxy groups -OCH3 is 3. The number of ether oxygens (including phenoxy) is 4. The molecule has 0 radical (unpaired) electrons. The van der Waals surface area contributed by atoms with Gasteiger partial charge >= 0.3 is 5.97 Å². The van der Waals surface area contributed by atoms with Gasteiger partial charge in [0.05, 0.1) is 21.3 Å². The molecule has 0 fully saturated rings. The molecular formula is C23H22O5. The van der Waals surface area contributed by atoms with Crippen molar-refractivity contribution in [2.75, 3.05) is 21.3 Å². The zero-order chi connectivity index (χ0) is 19.9. The van der Waals surface area contributed by atoms with Gasteiger partial charge in [-0.25, -0.2) is 4.79 Å². The second-order valence-corrected chi connectivity index (χ2v) is 6.10. The summed E-state index contributed by atoms with van der Waals surface area (Å²) < 4.78 is 21.0. The van der Waals surface area contributed by atoms with Crippen LogP contribution >= 0.6 is 0 Å². The lowest BCUT2D eigenvalue weighted by Gasteiger charge is -2.08. The Hall–Kier alpha value is -3.47. The molecule has 3 aromatic rings. The third-order valence-corrected chi connectivity index (χ3v) is 4.31. The van der Waals surface area contributed by atoms with Crippen molar-refractivity contribution in [2.24, 2.45) is 0 Å². The number of carbonyl (C=O) groups is 1. The van der Waals surface area contributed by atoms with Gasteiger partial charge in [-0.15, -0.1) is 0 Å². The van der Waals surface area contributed by atoms with Crippen LogP contribution in [-0.4, -0.2) is 27.3 Å². The van der Waals surface area contributed by atoms with E-state index in [2.05, 4.69) is 0 Å². The van der Waals surface area contributed by atoms with Gasteiger partial charge in [0.1, 0.15) is 12.4 Å². The fourth-order valence-corrected chi connectivity index (χ4v) is 2.81. The fraction of sp³-hybridized carbons (Fsp3) is 0.174. The van der Waals surface area contributed by atoms with Crippen molar-refractivity contribution in [1.82, 2.24) is 0 Å².